The van der Waals surface area contributed by atoms with E-state index in [4.69, 9.17) is 22.2 Å². The number of phenols is 2. The minimum absolute atomic E-state index is 0. The van der Waals surface area contributed by atoms with Crippen LogP contribution in [0.1, 0.15) is 44.9 Å². The number of likely N-dealkylation sites (tertiary alicyclic amines) is 1. The first-order valence-corrected chi connectivity index (χ1v) is 18.6. The maximum absolute atomic E-state index is 13.8. The molecule has 2 saturated heterocycles. The van der Waals surface area contributed by atoms with Gasteiger partial charge in [-0.15, -0.1) is 23.1 Å². The molecule has 21 heteroatoms. The summed E-state index contributed by atoms with van der Waals surface area (Å²) in [4.78, 5) is 75.7. The molecule has 2 aromatic heterocycles. The second-order valence-electron chi connectivity index (χ2n) is 13.8. The molecule has 0 bridgehead atoms. The van der Waals surface area contributed by atoms with Gasteiger partial charge < -0.3 is 50.2 Å². The molecular formula is C33H36ClN7NaO10S2+. The van der Waals surface area contributed by atoms with E-state index in [1.807, 2.05) is 6.92 Å². The number of amides is 2. The van der Waals surface area contributed by atoms with Crippen LogP contribution in [-0.2, 0) is 37.6 Å². The van der Waals surface area contributed by atoms with Gasteiger partial charge in [-0.05, 0) is 20.8 Å². The van der Waals surface area contributed by atoms with Crippen molar-refractivity contribution in [1.82, 2.24) is 19.8 Å². The minimum Gasteiger partial charge on any atom is -0.546 e. The molecule has 1 aromatic carbocycles. The van der Waals surface area contributed by atoms with Gasteiger partial charge in [0.1, 0.15) is 35.9 Å². The monoisotopic (exact) mass is 812 g/mol. The van der Waals surface area contributed by atoms with Crippen LogP contribution in [0.25, 0.3) is 10.9 Å². The van der Waals surface area contributed by atoms with E-state index in [1.54, 1.807) is 17.8 Å². The molecular weight excluding hydrogens is 777 g/mol. The number of anilines is 1. The van der Waals surface area contributed by atoms with Crippen LogP contribution in [0.3, 0.4) is 0 Å². The van der Waals surface area contributed by atoms with Gasteiger partial charge in [-0.25, -0.2) is 9.78 Å². The van der Waals surface area contributed by atoms with Gasteiger partial charge in [0, 0.05) is 48.4 Å². The number of carboxylic acids is 2. The number of nitrogen functional groups attached to an aromatic ring is 1. The molecule has 54 heavy (non-hydrogen) atoms. The van der Waals surface area contributed by atoms with E-state index in [9.17, 15) is 44.4 Å². The Bertz CT molecular complexity index is 2200. The van der Waals surface area contributed by atoms with Crippen LogP contribution in [0.4, 0.5) is 5.13 Å². The third kappa shape index (κ3) is 7.42. The van der Waals surface area contributed by atoms with Crippen LogP contribution in [0.2, 0.25) is 5.02 Å². The Labute approximate surface area is 343 Å². The van der Waals surface area contributed by atoms with Crippen molar-refractivity contribution in [2.75, 3.05) is 25.4 Å². The van der Waals surface area contributed by atoms with Crippen molar-refractivity contribution in [1.29, 1.82) is 0 Å². The van der Waals surface area contributed by atoms with Crippen molar-refractivity contribution in [2.45, 2.75) is 62.4 Å². The molecule has 2 fully saturated rings. The van der Waals surface area contributed by atoms with Gasteiger partial charge in [0.2, 0.25) is 0 Å². The SMILES string of the molecule is C[C@@H]1S[C@@H]2[C@H](NC(=O)/C(=N\OC(C)(C)C(=O)[O-])c3csc(N)n3)C(=O)N2C(C(=O)O)=C1C[N+]1(Cc2cn(C)c3cc(O)c(O)c(Cl)c3c2=O)CCCC1.[Na+]. The fourth-order valence-electron chi connectivity index (χ4n) is 6.91. The number of nitrogens with two attached hydrogens (primary N) is 1. The number of thiazole rings is 1. The number of hydrogen-bond acceptors (Lipinski definition) is 14. The number of phenolic OH excluding ortho intramolecular Hbond substituents is 2. The second-order valence-corrected chi connectivity index (χ2v) is 16.5. The number of hydrogen-bond donors (Lipinski definition) is 5. The Balaban J connectivity index is 0.00000561. The van der Waals surface area contributed by atoms with Crippen molar-refractivity contribution in [3.05, 3.63) is 55.4 Å². The predicted molar refractivity (Wildman–Crippen MR) is 193 cm³/mol. The van der Waals surface area contributed by atoms with Crippen molar-refractivity contribution in [3.63, 3.8) is 0 Å². The van der Waals surface area contributed by atoms with Gasteiger partial charge in [-0.2, -0.15) is 0 Å². The van der Waals surface area contributed by atoms with Crippen LogP contribution in [-0.4, -0.2) is 106 Å². The predicted octanol–water partition coefficient (Wildman–Crippen LogP) is -2.17. The molecule has 3 atom stereocenters. The van der Waals surface area contributed by atoms with Gasteiger partial charge in [0.15, 0.2) is 33.4 Å². The summed E-state index contributed by atoms with van der Waals surface area (Å²) < 4.78 is 1.96. The summed E-state index contributed by atoms with van der Waals surface area (Å²) in [5.41, 5.74) is 3.93. The molecule has 0 saturated carbocycles. The average Bonchev–Trinajstić information content (AvgIpc) is 3.74. The van der Waals surface area contributed by atoms with Gasteiger partial charge in [-0.3, -0.25) is 19.3 Å². The molecule has 0 spiro atoms. The standard InChI is InChI=1S/C33H36ClN7O10S2.Na/c1-14-16(12-41(7-5-6-8-41)11-15-10-39(4)18-9-19(42)26(44)21(34)20(18)25(15)43)24(30(47)48)40-28(46)23(29(40)53-14)37-27(45)22(17-13-52-32(35)36-17)38-51-33(2,3)31(49)50;/h9-10,13-14,23,29H,5-8,11-12H2,1-4H3,(H6-,35,36,37,38,42,43,44,45,47,48,49,50);/q;+1/t14-,23+,29+;/m0./s1. The van der Waals surface area contributed by atoms with Gasteiger partial charge in [0.05, 0.1) is 40.5 Å². The van der Waals surface area contributed by atoms with E-state index < -0.39 is 68.7 Å². The smallest absolute Gasteiger partial charge is 0.546 e. The molecule has 6 rings (SSSR count). The number of aryl methyl sites for hydroxylation is 1. The van der Waals surface area contributed by atoms with E-state index in [0.717, 1.165) is 29.1 Å². The Kier molecular flexibility index (Phi) is 11.7. The van der Waals surface area contributed by atoms with Gasteiger partial charge in [-0.1, -0.05) is 16.8 Å². The Morgan fingerprint density at radius 3 is 2.48 bits per heavy atom. The zero-order valence-electron chi connectivity index (χ0n) is 29.9. The maximum Gasteiger partial charge on any atom is 1.00 e. The maximum atomic E-state index is 13.8. The molecule has 3 aliphatic rings. The number of oxime groups is 1. The molecule has 6 N–H and O–H groups in total. The minimum atomic E-state index is -1.92. The molecule has 0 aliphatic carbocycles. The zero-order valence-corrected chi connectivity index (χ0v) is 34.3. The summed E-state index contributed by atoms with van der Waals surface area (Å²) in [7, 11) is 1.69. The number of carbonyl (C=O) groups is 4. The number of fused-ring (bicyclic) bond motifs is 2. The molecule has 3 aliphatic heterocycles. The second kappa shape index (κ2) is 15.4. The average molecular weight is 813 g/mol. The van der Waals surface area contributed by atoms with E-state index in [2.05, 4.69) is 15.5 Å². The number of carbonyl (C=O) groups excluding carboxylic acids is 3. The fourth-order valence-corrected chi connectivity index (χ4v) is 9.18. The first-order chi connectivity index (χ1) is 24.9. The van der Waals surface area contributed by atoms with Crippen LogP contribution >= 0.6 is 34.7 Å². The first-order valence-electron chi connectivity index (χ1n) is 16.4. The number of pyridine rings is 1. The number of benzene rings is 1. The number of aliphatic carboxylic acids is 2. The Morgan fingerprint density at radius 2 is 1.89 bits per heavy atom. The molecule has 5 heterocycles. The summed E-state index contributed by atoms with van der Waals surface area (Å²) in [5, 5.41) is 48.7. The fraction of sp³-hybridized carbons (Fsp3) is 0.424. The number of aromatic nitrogens is 2. The molecule has 17 nitrogen and oxygen atoms in total. The Hall–Kier alpha value is -3.85. The summed E-state index contributed by atoms with van der Waals surface area (Å²) in [6, 6.07) is 0.0919. The first kappa shape index (κ1) is 41.3. The quantitative estimate of drug-likeness (QED) is 0.0346. The summed E-state index contributed by atoms with van der Waals surface area (Å²) >= 11 is 8.62. The molecule has 0 unspecified atom stereocenters. The zero-order chi connectivity index (χ0) is 38.7. The molecule has 3 aromatic rings. The topological polar surface area (TPSA) is 250 Å². The van der Waals surface area contributed by atoms with E-state index in [-0.39, 0.29) is 69.6 Å². The normalized spacial score (nSPS) is 21.0. The van der Waals surface area contributed by atoms with Crippen molar-refractivity contribution in [2.24, 2.45) is 12.2 Å². The number of quaternary nitrogens is 1. The van der Waals surface area contributed by atoms with Gasteiger partial charge in [0.25, 0.3) is 11.8 Å². The van der Waals surface area contributed by atoms with Crippen molar-refractivity contribution < 1.29 is 78.5 Å². The largest absolute Gasteiger partial charge is 1.00 e. The van der Waals surface area contributed by atoms with Crippen molar-refractivity contribution in [3.8, 4) is 11.5 Å². The number of halogens is 1. The third-order valence-electron chi connectivity index (χ3n) is 9.72. The number of β-lactam (4-membered cyclic amide) rings is 1. The number of thioether (sulfide) groups is 1. The number of nitrogens with one attached hydrogen (secondary N) is 1. The summed E-state index contributed by atoms with van der Waals surface area (Å²) in [6.45, 7) is 5.84. The van der Waals surface area contributed by atoms with E-state index >= 15 is 0 Å². The van der Waals surface area contributed by atoms with E-state index in [0.29, 0.717) is 34.2 Å². The van der Waals surface area contributed by atoms with Crippen LogP contribution in [0.15, 0.2) is 38.9 Å². The third-order valence-corrected chi connectivity index (χ3v) is 12.2. The number of carboxylic acid groups (broad SMARTS) is 2. The number of aromatic hydroxyl groups is 2. The van der Waals surface area contributed by atoms with Crippen LogP contribution in [0.5, 0.6) is 11.5 Å². The molecule has 282 valence electrons. The van der Waals surface area contributed by atoms with Crippen LogP contribution < -0.4 is 51.1 Å². The van der Waals surface area contributed by atoms with E-state index in [1.165, 1.54) is 37.1 Å². The van der Waals surface area contributed by atoms with Crippen LogP contribution in [0, 0.1) is 0 Å². The summed E-state index contributed by atoms with van der Waals surface area (Å²) in [5.74, 6) is -5.59. The summed E-state index contributed by atoms with van der Waals surface area (Å²) in [6.07, 6.45) is 3.28. The number of rotatable bonds is 11. The van der Waals surface area contributed by atoms with Crippen molar-refractivity contribution >= 4 is 80.2 Å². The Morgan fingerprint density at radius 1 is 1.22 bits per heavy atom. The molecule has 2 amide bonds. The molecule has 0 radical (unpaired) electrons. The van der Waals surface area contributed by atoms with Gasteiger partial charge >= 0.3 is 35.5 Å². The number of nitrogens with zero attached hydrogens (tertiary/aromatic N) is 5.